The van der Waals surface area contributed by atoms with Crippen LogP contribution in [-0.4, -0.2) is 26.2 Å². The van der Waals surface area contributed by atoms with E-state index < -0.39 is 11.6 Å². The molecular formula is C11H14F2N2. The van der Waals surface area contributed by atoms with Crippen molar-refractivity contribution in [3.05, 3.63) is 29.8 Å². The number of rotatable bonds is 1. The molecular weight excluding hydrogens is 198 g/mol. The van der Waals surface area contributed by atoms with Gasteiger partial charge in [-0.25, -0.2) is 8.78 Å². The zero-order valence-electron chi connectivity index (χ0n) is 8.47. The van der Waals surface area contributed by atoms with Crippen LogP contribution in [0.15, 0.2) is 18.2 Å². The van der Waals surface area contributed by atoms with Crippen LogP contribution in [0.1, 0.15) is 6.42 Å². The van der Waals surface area contributed by atoms with Crippen LogP contribution in [0.25, 0.3) is 0 Å². The van der Waals surface area contributed by atoms with Crippen LogP contribution >= 0.6 is 0 Å². The topological polar surface area (TPSA) is 15.3 Å². The van der Waals surface area contributed by atoms with Crippen LogP contribution in [0.5, 0.6) is 0 Å². The summed E-state index contributed by atoms with van der Waals surface area (Å²) in [5.74, 6) is -1.02. The van der Waals surface area contributed by atoms with Crippen LogP contribution in [-0.2, 0) is 0 Å². The van der Waals surface area contributed by atoms with E-state index in [-0.39, 0.29) is 0 Å². The Kier molecular flexibility index (Phi) is 3.16. The van der Waals surface area contributed by atoms with Gasteiger partial charge in [0.15, 0.2) is 0 Å². The van der Waals surface area contributed by atoms with Crippen LogP contribution in [0.4, 0.5) is 14.5 Å². The quantitative estimate of drug-likeness (QED) is 0.763. The van der Waals surface area contributed by atoms with Crippen molar-refractivity contribution in [2.45, 2.75) is 6.42 Å². The predicted molar refractivity (Wildman–Crippen MR) is 56.1 cm³/mol. The molecule has 0 bridgehead atoms. The van der Waals surface area contributed by atoms with Crippen molar-refractivity contribution in [1.82, 2.24) is 5.32 Å². The molecule has 0 saturated carbocycles. The molecule has 4 heteroatoms. The first-order valence-corrected chi connectivity index (χ1v) is 5.17. The fourth-order valence-corrected chi connectivity index (χ4v) is 1.83. The molecule has 1 aromatic rings. The molecule has 0 radical (unpaired) electrons. The Bertz CT molecular complexity index is 313. The third-order valence-electron chi connectivity index (χ3n) is 2.55. The molecule has 2 nitrogen and oxygen atoms in total. The molecule has 0 spiro atoms. The summed E-state index contributed by atoms with van der Waals surface area (Å²) in [4.78, 5) is 2.01. The Balaban J connectivity index is 2.19. The van der Waals surface area contributed by atoms with E-state index in [1.165, 1.54) is 12.1 Å². The summed E-state index contributed by atoms with van der Waals surface area (Å²) in [5.41, 5.74) is 0.635. The molecule has 1 aliphatic heterocycles. The van der Waals surface area contributed by atoms with Gasteiger partial charge in [0.1, 0.15) is 11.6 Å². The van der Waals surface area contributed by atoms with Gasteiger partial charge >= 0.3 is 0 Å². The molecule has 1 N–H and O–H groups in total. The minimum absolute atomic E-state index is 0.512. The maximum absolute atomic E-state index is 13.0. The second-order valence-electron chi connectivity index (χ2n) is 3.72. The lowest BCUT2D eigenvalue weighted by molar-refractivity contribution is 0.582. The zero-order valence-corrected chi connectivity index (χ0v) is 8.47. The van der Waals surface area contributed by atoms with Gasteiger partial charge in [-0.1, -0.05) is 0 Å². The van der Waals surface area contributed by atoms with E-state index in [0.29, 0.717) is 5.69 Å². The smallest absolute Gasteiger partial charge is 0.128 e. The summed E-state index contributed by atoms with van der Waals surface area (Å²) < 4.78 is 26.0. The normalized spacial score (nSPS) is 17.6. The maximum atomic E-state index is 13.0. The van der Waals surface area contributed by atoms with Crippen LogP contribution in [0, 0.1) is 11.6 Å². The van der Waals surface area contributed by atoms with Gasteiger partial charge in [0, 0.05) is 31.4 Å². The molecule has 15 heavy (non-hydrogen) atoms. The highest BCUT2D eigenvalue weighted by Crippen LogP contribution is 2.18. The molecule has 1 fully saturated rings. The van der Waals surface area contributed by atoms with Crippen molar-refractivity contribution in [3.8, 4) is 0 Å². The summed E-state index contributed by atoms with van der Waals surface area (Å²) in [6, 6.07) is 3.67. The summed E-state index contributed by atoms with van der Waals surface area (Å²) in [6.07, 6.45) is 0.998. The molecule has 0 aliphatic carbocycles. The van der Waals surface area contributed by atoms with Gasteiger partial charge in [0.05, 0.1) is 0 Å². The minimum atomic E-state index is -0.512. The summed E-state index contributed by atoms with van der Waals surface area (Å²) in [5, 5.41) is 3.25. The lowest BCUT2D eigenvalue weighted by Crippen LogP contribution is -2.27. The van der Waals surface area contributed by atoms with E-state index in [1.807, 2.05) is 4.90 Å². The van der Waals surface area contributed by atoms with Crippen LogP contribution in [0.3, 0.4) is 0 Å². The molecule has 1 heterocycles. The van der Waals surface area contributed by atoms with Gasteiger partial charge in [-0.05, 0) is 25.1 Å². The second kappa shape index (κ2) is 4.57. The van der Waals surface area contributed by atoms with E-state index >= 15 is 0 Å². The number of nitrogens with zero attached hydrogens (tertiary/aromatic N) is 1. The maximum Gasteiger partial charge on any atom is 0.128 e. The number of anilines is 1. The molecule has 0 atom stereocenters. The lowest BCUT2D eigenvalue weighted by atomic mass is 10.2. The number of hydrogen-bond acceptors (Lipinski definition) is 2. The molecule has 0 unspecified atom stereocenters. The minimum Gasteiger partial charge on any atom is -0.370 e. The third kappa shape index (κ3) is 2.65. The Labute approximate surface area is 87.9 Å². The summed E-state index contributed by atoms with van der Waals surface area (Å²) in [7, 11) is 0. The predicted octanol–water partition coefficient (Wildman–Crippen LogP) is 1.76. The van der Waals surface area contributed by atoms with E-state index in [2.05, 4.69) is 5.32 Å². The third-order valence-corrected chi connectivity index (χ3v) is 2.55. The molecule has 1 aliphatic rings. The summed E-state index contributed by atoms with van der Waals surface area (Å²) in [6.45, 7) is 3.46. The average Bonchev–Trinajstić information content (AvgIpc) is 2.43. The van der Waals surface area contributed by atoms with Gasteiger partial charge in [-0.2, -0.15) is 0 Å². The first-order valence-electron chi connectivity index (χ1n) is 5.17. The second-order valence-corrected chi connectivity index (χ2v) is 3.72. The van der Waals surface area contributed by atoms with Gasteiger partial charge in [-0.3, -0.25) is 0 Å². The molecule has 0 amide bonds. The van der Waals surface area contributed by atoms with Crippen molar-refractivity contribution in [2.24, 2.45) is 0 Å². The monoisotopic (exact) mass is 212 g/mol. The fraction of sp³-hybridized carbons (Fsp3) is 0.455. The molecule has 82 valence electrons. The Morgan fingerprint density at radius 3 is 2.47 bits per heavy atom. The van der Waals surface area contributed by atoms with E-state index in [1.54, 1.807) is 0 Å². The van der Waals surface area contributed by atoms with Crippen molar-refractivity contribution in [1.29, 1.82) is 0 Å². The van der Waals surface area contributed by atoms with Gasteiger partial charge in [-0.15, -0.1) is 0 Å². The van der Waals surface area contributed by atoms with E-state index in [9.17, 15) is 8.78 Å². The van der Waals surface area contributed by atoms with E-state index in [0.717, 1.165) is 38.7 Å². The lowest BCUT2D eigenvalue weighted by Gasteiger charge is -2.22. The highest BCUT2D eigenvalue weighted by Gasteiger charge is 2.11. The van der Waals surface area contributed by atoms with Crippen molar-refractivity contribution >= 4 is 5.69 Å². The van der Waals surface area contributed by atoms with E-state index in [4.69, 9.17) is 0 Å². The largest absolute Gasteiger partial charge is 0.370 e. The Morgan fingerprint density at radius 1 is 1.00 bits per heavy atom. The SMILES string of the molecule is Fc1cc(F)cc(N2CCCNCC2)c1. The first kappa shape index (κ1) is 10.4. The van der Waals surface area contributed by atoms with Crippen molar-refractivity contribution in [2.75, 3.05) is 31.1 Å². The number of nitrogens with one attached hydrogen (secondary N) is 1. The van der Waals surface area contributed by atoms with Gasteiger partial charge < -0.3 is 10.2 Å². The number of benzene rings is 1. The average molecular weight is 212 g/mol. The van der Waals surface area contributed by atoms with Crippen molar-refractivity contribution in [3.63, 3.8) is 0 Å². The first-order chi connectivity index (χ1) is 7.25. The van der Waals surface area contributed by atoms with Crippen molar-refractivity contribution < 1.29 is 8.78 Å². The highest BCUT2D eigenvalue weighted by molar-refractivity contribution is 5.47. The van der Waals surface area contributed by atoms with Crippen LogP contribution < -0.4 is 10.2 Å². The molecule has 2 rings (SSSR count). The van der Waals surface area contributed by atoms with Gasteiger partial charge in [0.25, 0.3) is 0 Å². The fourth-order valence-electron chi connectivity index (χ4n) is 1.83. The molecule has 0 aromatic heterocycles. The highest BCUT2D eigenvalue weighted by atomic mass is 19.1. The van der Waals surface area contributed by atoms with Crippen LogP contribution in [0.2, 0.25) is 0 Å². The molecule has 1 saturated heterocycles. The Morgan fingerprint density at radius 2 is 1.73 bits per heavy atom. The number of hydrogen-bond donors (Lipinski definition) is 1. The summed E-state index contributed by atoms with van der Waals surface area (Å²) >= 11 is 0. The zero-order chi connectivity index (χ0) is 10.7. The number of halogens is 2. The molecule has 1 aromatic carbocycles. The standard InChI is InChI=1S/C11H14F2N2/c12-9-6-10(13)8-11(7-9)15-4-1-2-14-3-5-15/h6-8,14H,1-5H2. The van der Waals surface area contributed by atoms with Gasteiger partial charge in [0.2, 0.25) is 0 Å². The Hall–Kier alpha value is -1.16.